The molecule has 0 unspecified atom stereocenters. The molecule has 1 fully saturated rings. The Morgan fingerprint density at radius 1 is 0.889 bits per heavy atom. The summed E-state index contributed by atoms with van der Waals surface area (Å²) in [5, 5.41) is 0. The molecule has 0 heterocycles. The lowest BCUT2D eigenvalue weighted by Gasteiger charge is -2.27. The molecule has 0 aromatic heterocycles. The molecule has 1 aliphatic carbocycles. The van der Waals surface area contributed by atoms with Crippen LogP contribution in [0.25, 0.3) is 0 Å². The van der Waals surface area contributed by atoms with Crippen LogP contribution in [-0.2, 0) is 6.42 Å². The van der Waals surface area contributed by atoms with Crippen molar-refractivity contribution in [3.05, 3.63) is 35.9 Å². The normalized spacial score (nSPS) is 24.1. The maximum atomic E-state index is 2.35. The topological polar surface area (TPSA) is 0 Å². The fraction of sp³-hybridized carbons (Fsp3) is 0.667. The predicted molar refractivity (Wildman–Crippen MR) is 79.7 cm³/mol. The van der Waals surface area contributed by atoms with Gasteiger partial charge in [-0.25, -0.2) is 0 Å². The van der Waals surface area contributed by atoms with Crippen LogP contribution in [0, 0.1) is 11.8 Å². The Bertz CT molecular complexity index is 306. The molecule has 0 nitrogen and oxygen atoms in total. The minimum Gasteiger partial charge on any atom is -0.0651 e. The monoisotopic (exact) mass is 244 g/mol. The maximum Gasteiger partial charge on any atom is -0.0279 e. The molecule has 0 N–H and O–H groups in total. The van der Waals surface area contributed by atoms with E-state index in [4.69, 9.17) is 0 Å². The lowest BCUT2D eigenvalue weighted by atomic mass is 9.79. The van der Waals surface area contributed by atoms with Crippen molar-refractivity contribution in [2.24, 2.45) is 11.8 Å². The highest BCUT2D eigenvalue weighted by Crippen LogP contribution is 2.33. The summed E-state index contributed by atoms with van der Waals surface area (Å²) in [4.78, 5) is 0. The number of hydrogen-bond donors (Lipinski definition) is 0. The van der Waals surface area contributed by atoms with E-state index >= 15 is 0 Å². The average Bonchev–Trinajstić information content (AvgIpc) is 2.45. The zero-order valence-corrected chi connectivity index (χ0v) is 11.9. The number of hydrogen-bond acceptors (Lipinski definition) is 0. The smallest absolute Gasteiger partial charge is 0.0279 e. The Morgan fingerprint density at radius 2 is 1.56 bits per heavy atom. The summed E-state index contributed by atoms with van der Waals surface area (Å²) >= 11 is 0. The van der Waals surface area contributed by atoms with Crippen molar-refractivity contribution in [3.8, 4) is 0 Å². The van der Waals surface area contributed by atoms with Crippen molar-refractivity contribution < 1.29 is 0 Å². The van der Waals surface area contributed by atoms with E-state index in [0.29, 0.717) is 0 Å². The Morgan fingerprint density at radius 3 is 2.22 bits per heavy atom. The highest BCUT2D eigenvalue weighted by molar-refractivity contribution is 5.14. The van der Waals surface area contributed by atoms with Crippen LogP contribution in [0.4, 0.5) is 0 Å². The molecule has 0 aliphatic heterocycles. The predicted octanol–water partition coefficient (Wildman–Crippen LogP) is 5.62. The zero-order chi connectivity index (χ0) is 12.6. The molecule has 0 radical (unpaired) electrons. The molecule has 1 aromatic rings. The minimum absolute atomic E-state index is 1.04. The zero-order valence-electron chi connectivity index (χ0n) is 11.9. The Balaban J connectivity index is 1.56. The summed E-state index contributed by atoms with van der Waals surface area (Å²) in [6.45, 7) is 2.35. The van der Waals surface area contributed by atoms with Crippen LogP contribution in [0.1, 0.15) is 63.9 Å². The first-order chi connectivity index (χ1) is 8.88. The number of aryl methyl sites for hydroxylation is 1. The van der Waals surface area contributed by atoms with Gasteiger partial charge < -0.3 is 0 Å². The summed E-state index contributed by atoms with van der Waals surface area (Å²) in [6, 6.07) is 10.9. The van der Waals surface area contributed by atoms with Gasteiger partial charge in [-0.1, -0.05) is 82.2 Å². The first-order valence-corrected chi connectivity index (χ1v) is 7.92. The van der Waals surface area contributed by atoms with Crippen molar-refractivity contribution in [1.29, 1.82) is 0 Å². The molecule has 1 saturated carbocycles. The third-order valence-corrected chi connectivity index (χ3v) is 4.71. The molecular weight excluding hydrogens is 216 g/mol. The second-order valence-corrected chi connectivity index (χ2v) is 6.03. The fourth-order valence-electron chi connectivity index (χ4n) is 3.34. The van der Waals surface area contributed by atoms with Crippen molar-refractivity contribution in [1.82, 2.24) is 0 Å². The van der Waals surface area contributed by atoms with Gasteiger partial charge in [0.25, 0.3) is 0 Å². The van der Waals surface area contributed by atoms with Gasteiger partial charge in [0.1, 0.15) is 0 Å². The Hall–Kier alpha value is -0.780. The SMILES string of the molecule is CC[C@H]1CC[C@H](CCCCc2ccccc2)CC1. The standard InChI is InChI=1S/C18H28/c1-2-16-12-14-18(15-13-16)11-7-6-10-17-8-4-3-5-9-17/h3-5,8-9,16,18H,2,6-7,10-15H2,1H3/t16-,18-. The van der Waals surface area contributed by atoms with Crippen LogP contribution in [0.5, 0.6) is 0 Å². The summed E-state index contributed by atoms with van der Waals surface area (Å²) in [6.07, 6.45) is 13.0. The maximum absolute atomic E-state index is 2.35. The molecule has 0 spiro atoms. The Kier molecular flexibility index (Phi) is 5.77. The van der Waals surface area contributed by atoms with Gasteiger partial charge in [-0.2, -0.15) is 0 Å². The summed E-state index contributed by atoms with van der Waals surface area (Å²) in [7, 11) is 0. The van der Waals surface area contributed by atoms with E-state index in [1.807, 2.05) is 0 Å². The lowest BCUT2D eigenvalue weighted by Crippen LogP contribution is -2.13. The van der Waals surface area contributed by atoms with E-state index in [2.05, 4.69) is 37.3 Å². The number of benzene rings is 1. The fourth-order valence-corrected chi connectivity index (χ4v) is 3.34. The average molecular weight is 244 g/mol. The van der Waals surface area contributed by atoms with Gasteiger partial charge in [0, 0.05) is 0 Å². The molecule has 0 amide bonds. The van der Waals surface area contributed by atoms with Crippen LogP contribution < -0.4 is 0 Å². The van der Waals surface area contributed by atoms with Gasteiger partial charge in [0.2, 0.25) is 0 Å². The molecule has 0 atom stereocenters. The third-order valence-electron chi connectivity index (χ3n) is 4.71. The molecule has 1 aliphatic rings. The van der Waals surface area contributed by atoms with Gasteiger partial charge in [0.05, 0.1) is 0 Å². The first-order valence-electron chi connectivity index (χ1n) is 7.92. The van der Waals surface area contributed by atoms with E-state index in [9.17, 15) is 0 Å². The van der Waals surface area contributed by atoms with E-state index < -0.39 is 0 Å². The van der Waals surface area contributed by atoms with E-state index in [-0.39, 0.29) is 0 Å². The number of rotatable bonds is 6. The van der Waals surface area contributed by atoms with Crippen LogP contribution in [0.3, 0.4) is 0 Å². The molecule has 100 valence electrons. The van der Waals surface area contributed by atoms with Gasteiger partial charge in [-0.3, -0.25) is 0 Å². The van der Waals surface area contributed by atoms with Gasteiger partial charge in [-0.15, -0.1) is 0 Å². The van der Waals surface area contributed by atoms with Crippen molar-refractivity contribution >= 4 is 0 Å². The molecule has 0 saturated heterocycles. The Labute approximate surface area is 113 Å². The van der Waals surface area contributed by atoms with Gasteiger partial charge in [-0.05, 0) is 30.2 Å². The van der Waals surface area contributed by atoms with Crippen molar-refractivity contribution in [3.63, 3.8) is 0 Å². The molecule has 18 heavy (non-hydrogen) atoms. The lowest BCUT2D eigenvalue weighted by molar-refractivity contribution is 0.254. The van der Waals surface area contributed by atoms with Crippen molar-refractivity contribution in [2.45, 2.75) is 64.7 Å². The number of unbranched alkanes of at least 4 members (excludes halogenated alkanes) is 1. The second kappa shape index (κ2) is 7.61. The minimum atomic E-state index is 1.04. The van der Waals surface area contributed by atoms with Gasteiger partial charge in [0.15, 0.2) is 0 Å². The van der Waals surface area contributed by atoms with E-state index in [1.54, 1.807) is 0 Å². The molecule has 0 bridgehead atoms. The largest absolute Gasteiger partial charge is 0.0651 e. The van der Waals surface area contributed by atoms with Crippen LogP contribution in [0.15, 0.2) is 30.3 Å². The van der Waals surface area contributed by atoms with E-state index in [0.717, 1.165) is 11.8 Å². The second-order valence-electron chi connectivity index (χ2n) is 6.03. The molecule has 0 heteroatoms. The summed E-state index contributed by atoms with van der Waals surface area (Å²) in [5.41, 5.74) is 1.51. The van der Waals surface area contributed by atoms with E-state index in [1.165, 1.54) is 63.4 Å². The highest BCUT2D eigenvalue weighted by atomic mass is 14.2. The summed E-state index contributed by atoms with van der Waals surface area (Å²) < 4.78 is 0. The van der Waals surface area contributed by atoms with Crippen LogP contribution in [0.2, 0.25) is 0 Å². The molecule has 1 aromatic carbocycles. The summed E-state index contributed by atoms with van der Waals surface area (Å²) in [5.74, 6) is 2.09. The van der Waals surface area contributed by atoms with Crippen LogP contribution in [-0.4, -0.2) is 0 Å². The molecular formula is C18H28. The van der Waals surface area contributed by atoms with Crippen molar-refractivity contribution in [2.75, 3.05) is 0 Å². The highest BCUT2D eigenvalue weighted by Gasteiger charge is 2.19. The molecule has 2 rings (SSSR count). The van der Waals surface area contributed by atoms with Crippen LogP contribution >= 0.6 is 0 Å². The third kappa shape index (κ3) is 4.48. The first kappa shape index (κ1) is 13.6. The quantitative estimate of drug-likeness (QED) is 0.570. The van der Waals surface area contributed by atoms with Gasteiger partial charge >= 0.3 is 0 Å².